The molecule has 0 aromatic rings. The van der Waals surface area contributed by atoms with Gasteiger partial charge in [0.25, 0.3) is 0 Å². The van der Waals surface area contributed by atoms with Crippen molar-refractivity contribution in [2.24, 2.45) is 0 Å². The lowest BCUT2D eigenvalue weighted by atomic mass is 9.97. The lowest BCUT2D eigenvalue weighted by Gasteiger charge is -2.03. The SMILES string of the molecule is CCCC1(C)OC1CCCC1OC1(C)C. The number of rotatable bonds is 6. The second-order valence-corrected chi connectivity index (χ2v) is 5.81. The van der Waals surface area contributed by atoms with Gasteiger partial charge in [-0.3, -0.25) is 0 Å². The van der Waals surface area contributed by atoms with E-state index < -0.39 is 0 Å². The molecule has 0 aromatic carbocycles. The number of hydrogen-bond donors (Lipinski definition) is 0. The summed E-state index contributed by atoms with van der Waals surface area (Å²) in [6.07, 6.45) is 7.14. The highest BCUT2D eigenvalue weighted by atomic mass is 16.6. The van der Waals surface area contributed by atoms with Crippen molar-refractivity contribution >= 4 is 0 Å². The fourth-order valence-electron chi connectivity index (χ4n) is 2.60. The average molecular weight is 212 g/mol. The van der Waals surface area contributed by atoms with E-state index in [0.717, 1.165) is 0 Å². The Morgan fingerprint density at radius 1 is 1.00 bits per heavy atom. The number of hydrogen-bond acceptors (Lipinski definition) is 2. The molecule has 0 bridgehead atoms. The molecule has 0 radical (unpaired) electrons. The van der Waals surface area contributed by atoms with Crippen molar-refractivity contribution in [1.82, 2.24) is 0 Å². The van der Waals surface area contributed by atoms with Gasteiger partial charge in [-0.25, -0.2) is 0 Å². The molecule has 2 aliphatic rings. The van der Waals surface area contributed by atoms with Gasteiger partial charge in [0.05, 0.1) is 23.4 Å². The number of epoxide rings is 2. The Balaban J connectivity index is 1.57. The van der Waals surface area contributed by atoms with Crippen LogP contribution in [0.1, 0.15) is 59.8 Å². The van der Waals surface area contributed by atoms with Crippen LogP contribution < -0.4 is 0 Å². The van der Waals surface area contributed by atoms with Gasteiger partial charge in [-0.15, -0.1) is 0 Å². The molecule has 3 unspecified atom stereocenters. The van der Waals surface area contributed by atoms with E-state index in [2.05, 4.69) is 27.7 Å². The first-order valence-corrected chi connectivity index (χ1v) is 6.33. The summed E-state index contributed by atoms with van der Waals surface area (Å²) in [4.78, 5) is 0. The third-order valence-electron chi connectivity index (χ3n) is 3.88. The van der Waals surface area contributed by atoms with Crippen LogP contribution in [-0.2, 0) is 9.47 Å². The molecule has 2 nitrogen and oxygen atoms in total. The van der Waals surface area contributed by atoms with E-state index in [1.807, 2.05) is 0 Å². The van der Waals surface area contributed by atoms with E-state index in [0.29, 0.717) is 12.2 Å². The molecule has 0 amide bonds. The molecular weight excluding hydrogens is 188 g/mol. The quantitative estimate of drug-likeness (QED) is 0.631. The predicted molar refractivity (Wildman–Crippen MR) is 61.0 cm³/mol. The van der Waals surface area contributed by atoms with Crippen molar-refractivity contribution in [2.45, 2.75) is 83.2 Å². The van der Waals surface area contributed by atoms with Crippen molar-refractivity contribution in [3.8, 4) is 0 Å². The van der Waals surface area contributed by atoms with Gasteiger partial charge >= 0.3 is 0 Å². The van der Waals surface area contributed by atoms with Gasteiger partial charge in [-0.1, -0.05) is 13.3 Å². The number of ether oxygens (including phenoxy) is 2. The van der Waals surface area contributed by atoms with Crippen molar-refractivity contribution in [2.75, 3.05) is 0 Å². The van der Waals surface area contributed by atoms with E-state index in [1.54, 1.807) is 0 Å². The van der Waals surface area contributed by atoms with Crippen LogP contribution in [-0.4, -0.2) is 23.4 Å². The summed E-state index contributed by atoms with van der Waals surface area (Å²) in [5.74, 6) is 0. The Hall–Kier alpha value is -0.0800. The lowest BCUT2D eigenvalue weighted by Crippen LogP contribution is -2.09. The molecule has 88 valence electrons. The highest BCUT2D eigenvalue weighted by Gasteiger charge is 2.51. The minimum absolute atomic E-state index is 0.164. The van der Waals surface area contributed by atoms with E-state index in [9.17, 15) is 0 Å². The Labute approximate surface area is 93.3 Å². The molecule has 2 heteroatoms. The first kappa shape index (κ1) is 11.4. The standard InChI is InChI=1S/C13H24O2/c1-5-9-13(4)11(15-13)8-6-7-10-12(2,3)14-10/h10-11H,5-9H2,1-4H3. The van der Waals surface area contributed by atoms with Crippen LogP contribution in [0.5, 0.6) is 0 Å². The maximum atomic E-state index is 5.76. The fraction of sp³-hybridized carbons (Fsp3) is 1.00. The molecule has 2 rings (SSSR count). The van der Waals surface area contributed by atoms with Gasteiger partial charge in [-0.05, 0) is 46.5 Å². The monoisotopic (exact) mass is 212 g/mol. The fourth-order valence-corrected chi connectivity index (χ4v) is 2.60. The van der Waals surface area contributed by atoms with Gasteiger partial charge in [0, 0.05) is 0 Å². The molecule has 3 atom stereocenters. The summed E-state index contributed by atoms with van der Waals surface area (Å²) >= 11 is 0. The van der Waals surface area contributed by atoms with Crippen molar-refractivity contribution in [3.63, 3.8) is 0 Å². The summed E-state index contributed by atoms with van der Waals surface area (Å²) in [7, 11) is 0. The zero-order chi connectivity index (χ0) is 11.1. The summed E-state index contributed by atoms with van der Waals surface area (Å²) in [5.41, 5.74) is 0.381. The first-order chi connectivity index (χ1) is 6.98. The van der Waals surface area contributed by atoms with Crippen LogP contribution in [0.25, 0.3) is 0 Å². The molecule has 0 aromatic heterocycles. The maximum Gasteiger partial charge on any atom is 0.0920 e. The molecule has 0 saturated carbocycles. The van der Waals surface area contributed by atoms with Gasteiger partial charge < -0.3 is 9.47 Å². The Bertz CT molecular complexity index is 237. The van der Waals surface area contributed by atoms with Crippen molar-refractivity contribution < 1.29 is 9.47 Å². The van der Waals surface area contributed by atoms with Gasteiger partial charge in [0.15, 0.2) is 0 Å². The molecular formula is C13H24O2. The largest absolute Gasteiger partial charge is 0.367 e. The van der Waals surface area contributed by atoms with Gasteiger partial charge in [0.1, 0.15) is 0 Å². The zero-order valence-corrected chi connectivity index (χ0v) is 10.5. The Morgan fingerprint density at radius 2 is 1.60 bits per heavy atom. The Kier molecular flexibility index (Phi) is 2.85. The molecule has 0 spiro atoms. The first-order valence-electron chi connectivity index (χ1n) is 6.33. The highest BCUT2D eigenvalue weighted by molar-refractivity contribution is 4.99. The van der Waals surface area contributed by atoms with Crippen LogP contribution in [0, 0.1) is 0 Å². The highest BCUT2D eigenvalue weighted by Crippen LogP contribution is 2.44. The van der Waals surface area contributed by atoms with Crippen molar-refractivity contribution in [3.05, 3.63) is 0 Å². The molecule has 0 N–H and O–H groups in total. The summed E-state index contributed by atoms with van der Waals surface area (Å²) in [5, 5.41) is 0. The summed E-state index contributed by atoms with van der Waals surface area (Å²) in [6, 6.07) is 0. The third-order valence-corrected chi connectivity index (χ3v) is 3.88. The second kappa shape index (κ2) is 3.74. The van der Waals surface area contributed by atoms with E-state index in [4.69, 9.17) is 9.47 Å². The van der Waals surface area contributed by atoms with Crippen LogP contribution in [0.2, 0.25) is 0 Å². The average Bonchev–Trinajstić information content (AvgIpc) is 2.93. The molecule has 2 saturated heterocycles. The summed E-state index contributed by atoms with van der Waals surface area (Å²) in [6.45, 7) is 8.82. The minimum Gasteiger partial charge on any atom is -0.367 e. The van der Waals surface area contributed by atoms with Crippen LogP contribution >= 0.6 is 0 Å². The molecule has 2 fully saturated rings. The smallest absolute Gasteiger partial charge is 0.0920 e. The summed E-state index contributed by atoms with van der Waals surface area (Å²) < 4.78 is 11.3. The van der Waals surface area contributed by atoms with E-state index in [-0.39, 0.29) is 11.2 Å². The topological polar surface area (TPSA) is 25.1 Å². The van der Waals surface area contributed by atoms with Gasteiger partial charge in [-0.2, -0.15) is 0 Å². The predicted octanol–water partition coefficient (Wildman–Crippen LogP) is 3.29. The van der Waals surface area contributed by atoms with Gasteiger partial charge in [0.2, 0.25) is 0 Å². The molecule has 15 heavy (non-hydrogen) atoms. The normalized spacial score (nSPS) is 41.6. The lowest BCUT2D eigenvalue weighted by molar-refractivity contribution is 0.290. The minimum atomic E-state index is 0.164. The third kappa shape index (κ3) is 2.54. The zero-order valence-electron chi connectivity index (χ0n) is 10.5. The van der Waals surface area contributed by atoms with E-state index >= 15 is 0 Å². The Morgan fingerprint density at radius 3 is 2.13 bits per heavy atom. The second-order valence-electron chi connectivity index (χ2n) is 5.81. The van der Waals surface area contributed by atoms with Crippen molar-refractivity contribution in [1.29, 1.82) is 0 Å². The van der Waals surface area contributed by atoms with Crippen LogP contribution in [0.15, 0.2) is 0 Å². The maximum absolute atomic E-state index is 5.76. The van der Waals surface area contributed by atoms with E-state index in [1.165, 1.54) is 32.1 Å². The van der Waals surface area contributed by atoms with Crippen LogP contribution in [0.4, 0.5) is 0 Å². The molecule has 2 aliphatic heterocycles. The molecule has 2 heterocycles. The van der Waals surface area contributed by atoms with Crippen LogP contribution in [0.3, 0.4) is 0 Å². The molecule has 0 aliphatic carbocycles.